The van der Waals surface area contributed by atoms with Gasteiger partial charge in [0.25, 0.3) is 0 Å². The van der Waals surface area contributed by atoms with E-state index in [-0.39, 0.29) is 12.3 Å². The standard InChI is InChI=1S/C10H9N3O3S2/c14-8(15)4-7-9(16)12-10(18-7)13-11-5-6-2-1-3-17-6/h1-3,5,7H,4H2,(H,14,15)(H,12,13,16)/t7-/m0/s1. The highest BCUT2D eigenvalue weighted by Crippen LogP contribution is 2.22. The van der Waals surface area contributed by atoms with E-state index < -0.39 is 11.2 Å². The highest BCUT2D eigenvalue weighted by Gasteiger charge is 2.32. The summed E-state index contributed by atoms with van der Waals surface area (Å²) in [6, 6.07) is 3.79. The number of carboxylic acid groups (broad SMARTS) is 1. The van der Waals surface area contributed by atoms with Crippen LogP contribution in [0.3, 0.4) is 0 Å². The molecule has 0 saturated carbocycles. The highest BCUT2D eigenvalue weighted by atomic mass is 32.2. The van der Waals surface area contributed by atoms with Gasteiger partial charge in [0.05, 0.1) is 12.6 Å². The summed E-state index contributed by atoms with van der Waals surface area (Å²) in [6.07, 6.45) is 1.36. The van der Waals surface area contributed by atoms with E-state index in [1.807, 2.05) is 17.5 Å². The summed E-state index contributed by atoms with van der Waals surface area (Å²) >= 11 is 2.61. The minimum absolute atomic E-state index is 0.218. The highest BCUT2D eigenvalue weighted by molar-refractivity contribution is 8.15. The van der Waals surface area contributed by atoms with Crippen molar-refractivity contribution in [3.63, 3.8) is 0 Å². The molecular formula is C10H9N3O3S2. The van der Waals surface area contributed by atoms with Crippen molar-refractivity contribution in [1.29, 1.82) is 0 Å². The van der Waals surface area contributed by atoms with E-state index in [4.69, 9.17) is 5.11 Å². The van der Waals surface area contributed by atoms with E-state index in [2.05, 4.69) is 15.5 Å². The second kappa shape index (κ2) is 5.78. The molecule has 0 radical (unpaired) electrons. The monoisotopic (exact) mass is 283 g/mol. The van der Waals surface area contributed by atoms with Gasteiger partial charge in [0, 0.05) is 4.88 Å². The van der Waals surface area contributed by atoms with E-state index in [1.165, 1.54) is 11.3 Å². The van der Waals surface area contributed by atoms with Crippen LogP contribution in [0.5, 0.6) is 0 Å². The number of thioether (sulfide) groups is 1. The Bertz CT molecular complexity index is 510. The zero-order valence-corrected chi connectivity index (χ0v) is 10.7. The van der Waals surface area contributed by atoms with Gasteiger partial charge in [-0.3, -0.25) is 9.59 Å². The third-order valence-corrected chi connectivity index (χ3v) is 3.89. The van der Waals surface area contributed by atoms with Crippen LogP contribution < -0.4 is 5.32 Å². The average molecular weight is 283 g/mol. The van der Waals surface area contributed by atoms with E-state index in [1.54, 1.807) is 6.21 Å². The maximum absolute atomic E-state index is 11.4. The molecule has 0 aromatic carbocycles. The third-order valence-electron chi connectivity index (χ3n) is 2.01. The van der Waals surface area contributed by atoms with Crippen molar-refractivity contribution in [1.82, 2.24) is 5.32 Å². The molecule has 2 rings (SSSR count). The number of hydrogen-bond donors (Lipinski definition) is 2. The Morgan fingerprint density at radius 1 is 1.61 bits per heavy atom. The largest absolute Gasteiger partial charge is 0.481 e. The normalized spacial score (nSPS) is 21.7. The second-order valence-corrected chi connectivity index (χ2v) is 5.53. The van der Waals surface area contributed by atoms with Gasteiger partial charge in [0.15, 0.2) is 5.17 Å². The molecule has 2 heterocycles. The van der Waals surface area contributed by atoms with Gasteiger partial charge in [-0.1, -0.05) is 17.8 Å². The average Bonchev–Trinajstić information content (AvgIpc) is 2.90. The zero-order chi connectivity index (χ0) is 13.0. The fraction of sp³-hybridized carbons (Fsp3) is 0.200. The molecule has 2 N–H and O–H groups in total. The summed E-state index contributed by atoms with van der Waals surface area (Å²) in [5.74, 6) is -1.35. The number of carbonyl (C=O) groups excluding carboxylic acids is 1. The number of nitrogens with zero attached hydrogens (tertiary/aromatic N) is 2. The minimum Gasteiger partial charge on any atom is -0.481 e. The van der Waals surface area contributed by atoms with Gasteiger partial charge in [-0.15, -0.1) is 16.4 Å². The molecule has 1 atom stereocenters. The van der Waals surface area contributed by atoms with Crippen LogP contribution in [0.25, 0.3) is 0 Å². The van der Waals surface area contributed by atoms with Crippen LogP contribution in [-0.4, -0.2) is 33.6 Å². The van der Waals surface area contributed by atoms with Crippen molar-refractivity contribution >= 4 is 46.4 Å². The Labute approximate surface area is 111 Å². The Balaban J connectivity index is 1.95. The molecule has 1 saturated heterocycles. The summed E-state index contributed by atoms with van der Waals surface area (Å²) in [6.45, 7) is 0. The number of rotatable bonds is 4. The maximum atomic E-state index is 11.4. The summed E-state index contributed by atoms with van der Waals surface area (Å²) in [7, 11) is 0. The quantitative estimate of drug-likeness (QED) is 0.640. The third kappa shape index (κ3) is 3.41. The number of amidine groups is 1. The van der Waals surface area contributed by atoms with Gasteiger partial charge in [0.1, 0.15) is 5.25 Å². The van der Waals surface area contributed by atoms with Gasteiger partial charge in [-0.2, -0.15) is 5.10 Å². The van der Waals surface area contributed by atoms with Gasteiger partial charge in [0.2, 0.25) is 5.91 Å². The lowest BCUT2D eigenvalue weighted by atomic mass is 10.3. The van der Waals surface area contributed by atoms with Gasteiger partial charge in [-0.25, -0.2) is 0 Å². The lowest BCUT2D eigenvalue weighted by Crippen LogP contribution is -2.26. The van der Waals surface area contributed by atoms with Crippen molar-refractivity contribution in [3.05, 3.63) is 22.4 Å². The molecule has 0 aliphatic carbocycles. The van der Waals surface area contributed by atoms with Crippen LogP contribution in [0.2, 0.25) is 0 Å². The van der Waals surface area contributed by atoms with Gasteiger partial charge < -0.3 is 10.4 Å². The molecular weight excluding hydrogens is 274 g/mol. The Hall–Kier alpha value is -1.67. The van der Waals surface area contributed by atoms with E-state index >= 15 is 0 Å². The minimum atomic E-state index is -1.01. The van der Waals surface area contributed by atoms with E-state index in [0.29, 0.717) is 5.17 Å². The first-order chi connectivity index (χ1) is 8.65. The van der Waals surface area contributed by atoms with Crippen LogP contribution in [0.4, 0.5) is 0 Å². The summed E-state index contributed by atoms with van der Waals surface area (Å²) < 4.78 is 0. The van der Waals surface area contributed by atoms with Gasteiger partial charge in [-0.05, 0) is 11.4 Å². The van der Waals surface area contributed by atoms with Crippen molar-refractivity contribution in [2.45, 2.75) is 11.7 Å². The molecule has 0 spiro atoms. The fourth-order valence-corrected chi connectivity index (χ4v) is 2.74. The van der Waals surface area contributed by atoms with Crippen molar-refractivity contribution in [2.75, 3.05) is 0 Å². The zero-order valence-electron chi connectivity index (χ0n) is 9.07. The molecule has 1 aromatic heterocycles. The van der Waals surface area contributed by atoms with Crippen molar-refractivity contribution < 1.29 is 14.7 Å². The number of amides is 1. The molecule has 0 bridgehead atoms. The molecule has 1 amide bonds. The first-order valence-electron chi connectivity index (χ1n) is 4.99. The number of carbonyl (C=O) groups is 2. The molecule has 1 aromatic rings. The Morgan fingerprint density at radius 3 is 3.11 bits per heavy atom. The molecule has 0 unspecified atom stereocenters. The predicted octanol–water partition coefficient (Wildman–Crippen LogP) is 1.14. The smallest absolute Gasteiger partial charge is 0.305 e. The number of hydrogen-bond acceptors (Lipinski definition) is 6. The Morgan fingerprint density at radius 2 is 2.44 bits per heavy atom. The maximum Gasteiger partial charge on any atom is 0.305 e. The SMILES string of the molecule is O=C(O)C[C@@H]1SC(=NN=Cc2cccs2)NC1=O. The predicted molar refractivity (Wildman–Crippen MR) is 71.1 cm³/mol. The van der Waals surface area contributed by atoms with Gasteiger partial charge >= 0.3 is 5.97 Å². The topological polar surface area (TPSA) is 91.1 Å². The fourth-order valence-electron chi connectivity index (χ4n) is 1.25. The molecule has 6 nitrogen and oxygen atoms in total. The van der Waals surface area contributed by atoms with Crippen molar-refractivity contribution in [2.24, 2.45) is 10.2 Å². The number of nitrogens with one attached hydrogen (secondary N) is 1. The molecule has 1 aliphatic heterocycles. The van der Waals surface area contributed by atoms with E-state index in [0.717, 1.165) is 16.6 Å². The summed E-state index contributed by atoms with van der Waals surface area (Å²) in [4.78, 5) is 22.9. The Kier molecular flexibility index (Phi) is 4.11. The number of carboxylic acids is 1. The second-order valence-electron chi connectivity index (χ2n) is 3.36. The van der Waals surface area contributed by atoms with Crippen molar-refractivity contribution in [3.8, 4) is 0 Å². The first-order valence-corrected chi connectivity index (χ1v) is 6.75. The molecule has 1 aliphatic rings. The van der Waals surface area contributed by atoms with Crippen LogP contribution in [0, 0.1) is 0 Å². The first kappa shape index (κ1) is 12.8. The van der Waals surface area contributed by atoms with Crippen LogP contribution in [0.1, 0.15) is 11.3 Å². The van der Waals surface area contributed by atoms with Crippen LogP contribution in [0.15, 0.2) is 27.7 Å². The number of thiophene rings is 1. The molecule has 94 valence electrons. The summed E-state index contributed by atoms with van der Waals surface area (Å²) in [5, 5.41) is 20.4. The van der Waals surface area contributed by atoms with Crippen LogP contribution in [-0.2, 0) is 9.59 Å². The molecule has 18 heavy (non-hydrogen) atoms. The summed E-state index contributed by atoms with van der Waals surface area (Å²) in [5.41, 5.74) is 0. The molecule has 8 heteroatoms. The van der Waals surface area contributed by atoms with E-state index in [9.17, 15) is 9.59 Å². The molecule has 1 fully saturated rings. The van der Waals surface area contributed by atoms with Crippen LogP contribution >= 0.6 is 23.1 Å². The lowest BCUT2D eigenvalue weighted by molar-refractivity contribution is -0.138. The lowest BCUT2D eigenvalue weighted by Gasteiger charge is -1.97. The number of aliphatic carboxylic acids is 1.